The number of ether oxygens (including phenoxy) is 2. The highest BCUT2D eigenvalue weighted by Gasteiger charge is 2.28. The van der Waals surface area contributed by atoms with Crippen molar-refractivity contribution in [1.29, 1.82) is 0 Å². The van der Waals surface area contributed by atoms with Crippen molar-refractivity contribution >= 4 is 23.2 Å². The number of carbonyl (C=O) groups excluding carboxylic acids is 2. The molecule has 29 heavy (non-hydrogen) atoms. The molecule has 0 unspecified atom stereocenters. The number of amides is 2. The molecule has 0 saturated heterocycles. The Labute approximate surface area is 168 Å². The normalized spacial score (nSPS) is 12.5. The Morgan fingerprint density at radius 3 is 2.41 bits per heavy atom. The second-order valence-corrected chi connectivity index (χ2v) is 6.59. The molecular formula is C23H20N2O4. The monoisotopic (exact) mass is 388 g/mol. The first-order valence-electron chi connectivity index (χ1n) is 9.14. The molecule has 3 aromatic rings. The fourth-order valence-corrected chi connectivity index (χ4v) is 3.44. The number of nitrogens with zero attached hydrogens (tertiary/aromatic N) is 1. The molecule has 1 heterocycles. The van der Waals surface area contributed by atoms with Gasteiger partial charge >= 0.3 is 0 Å². The molecule has 4 rings (SSSR count). The van der Waals surface area contributed by atoms with Crippen LogP contribution in [0.2, 0.25) is 0 Å². The first-order chi connectivity index (χ1) is 14.1. The smallest absolute Gasteiger partial charge is 0.259 e. The van der Waals surface area contributed by atoms with Gasteiger partial charge in [0.2, 0.25) is 0 Å². The van der Waals surface area contributed by atoms with Gasteiger partial charge in [0, 0.05) is 17.3 Å². The molecule has 0 atom stereocenters. The molecule has 1 aliphatic heterocycles. The fraction of sp³-hybridized carbons (Fsp3) is 0.130. The number of hydrogen-bond acceptors (Lipinski definition) is 4. The highest BCUT2D eigenvalue weighted by Crippen LogP contribution is 2.34. The molecule has 0 bridgehead atoms. The van der Waals surface area contributed by atoms with Crippen LogP contribution in [0.1, 0.15) is 26.3 Å². The molecule has 0 aromatic heterocycles. The Bertz CT molecular complexity index is 1090. The maximum absolute atomic E-state index is 12.7. The minimum absolute atomic E-state index is 0.0477. The highest BCUT2D eigenvalue weighted by atomic mass is 16.5. The van der Waals surface area contributed by atoms with Crippen molar-refractivity contribution in [3.8, 4) is 11.5 Å². The SMILES string of the molecule is COc1cc(N2Cc3ccccc3C2=O)ccc1NC(=O)c1ccccc1OC. The van der Waals surface area contributed by atoms with Gasteiger partial charge in [-0.05, 0) is 35.9 Å². The summed E-state index contributed by atoms with van der Waals surface area (Å²) in [7, 11) is 3.05. The standard InChI is InChI=1S/C23H20N2O4/c1-28-20-10-6-5-9-18(20)22(26)24-19-12-11-16(13-21(19)29-2)25-14-15-7-3-4-8-17(15)23(25)27/h3-13H,14H2,1-2H3,(H,24,26). The van der Waals surface area contributed by atoms with E-state index in [0.29, 0.717) is 40.5 Å². The van der Waals surface area contributed by atoms with Crippen molar-refractivity contribution in [2.24, 2.45) is 0 Å². The van der Waals surface area contributed by atoms with Crippen LogP contribution in [0.3, 0.4) is 0 Å². The van der Waals surface area contributed by atoms with Gasteiger partial charge in [-0.1, -0.05) is 30.3 Å². The number of methoxy groups -OCH3 is 2. The Morgan fingerprint density at radius 2 is 1.66 bits per heavy atom. The lowest BCUT2D eigenvalue weighted by Gasteiger charge is -2.19. The van der Waals surface area contributed by atoms with E-state index in [9.17, 15) is 9.59 Å². The number of rotatable bonds is 5. The van der Waals surface area contributed by atoms with E-state index in [1.54, 1.807) is 47.4 Å². The Kier molecular flexibility index (Phi) is 4.91. The summed E-state index contributed by atoms with van der Waals surface area (Å²) in [6.45, 7) is 0.505. The first kappa shape index (κ1) is 18.6. The van der Waals surface area contributed by atoms with Crippen molar-refractivity contribution in [1.82, 2.24) is 0 Å². The van der Waals surface area contributed by atoms with Crippen molar-refractivity contribution in [3.63, 3.8) is 0 Å². The lowest BCUT2D eigenvalue weighted by Crippen LogP contribution is -2.23. The molecule has 3 aromatic carbocycles. The van der Waals surface area contributed by atoms with E-state index in [1.165, 1.54) is 14.2 Å². The molecule has 1 aliphatic rings. The average molecular weight is 388 g/mol. The average Bonchev–Trinajstić information content (AvgIpc) is 3.10. The van der Waals surface area contributed by atoms with Crippen LogP contribution in [0, 0.1) is 0 Å². The second-order valence-electron chi connectivity index (χ2n) is 6.59. The van der Waals surface area contributed by atoms with Gasteiger partial charge in [-0.3, -0.25) is 9.59 Å². The Morgan fingerprint density at radius 1 is 0.931 bits per heavy atom. The van der Waals surface area contributed by atoms with Crippen LogP contribution in [0.15, 0.2) is 66.7 Å². The van der Waals surface area contributed by atoms with Gasteiger partial charge in [-0.15, -0.1) is 0 Å². The number of nitrogens with one attached hydrogen (secondary N) is 1. The molecule has 2 amide bonds. The summed E-state index contributed by atoms with van der Waals surface area (Å²) in [5.74, 6) is 0.599. The third-order valence-corrected chi connectivity index (χ3v) is 4.92. The van der Waals surface area contributed by atoms with Crippen LogP contribution >= 0.6 is 0 Å². The third kappa shape index (κ3) is 3.40. The van der Waals surface area contributed by atoms with Crippen molar-refractivity contribution in [2.75, 3.05) is 24.4 Å². The van der Waals surface area contributed by atoms with Gasteiger partial charge in [-0.2, -0.15) is 0 Å². The number of para-hydroxylation sites is 1. The maximum Gasteiger partial charge on any atom is 0.259 e. The molecular weight excluding hydrogens is 368 g/mol. The lowest BCUT2D eigenvalue weighted by molar-refractivity contribution is 0.0993. The number of benzene rings is 3. The van der Waals surface area contributed by atoms with Crippen LogP contribution in [-0.4, -0.2) is 26.0 Å². The molecule has 6 nitrogen and oxygen atoms in total. The van der Waals surface area contributed by atoms with E-state index in [0.717, 1.165) is 5.56 Å². The predicted molar refractivity (Wildman–Crippen MR) is 111 cm³/mol. The van der Waals surface area contributed by atoms with Crippen molar-refractivity contribution in [2.45, 2.75) is 6.54 Å². The number of hydrogen-bond donors (Lipinski definition) is 1. The summed E-state index contributed by atoms with van der Waals surface area (Å²) in [6.07, 6.45) is 0. The van der Waals surface area contributed by atoms with Crippen molar-refractivity contribution in [3.05, 3.63) is 83.4 Å². The molecule has 0 aliphatic carbocycles. The minimum Gasteiger partial charge on any atom is -0.496 e. The van der Waals surface area contributed by atoms with E-state index in [4.69, 9.17) is 9.47 Å². The van der Waals surface area contributed by atoms with Gasteiger partial charge in [-0.25, -0.2) is 0 Å². The molecule has 0 spiro atoms. The number of carbonyl (C=O) groups is 2. The third-order valence-electron chi connectivity index (χ3n) is 4.92. The quantitative estimate of drug-likeness (QED) is 0.714. The summed E-state index contributed by atoms with van der Waals surface area (Å²) in [4.78, 5) is 27.1. The van der Waals surface area contributed by atoms with Gasteiger partial charge in [0.25, 0.3) is 11.8 Å². The van der Waals surface area contributed by atoms with E-state index in [-0.39, 0.29) is 11.8 Å². The maximum atomic E-state index is 12.7. The van der Waals surface area contributed by atoms with E-state index in [1.807, 2.05) is 24.3 Å². The molecule has 0 fully saturated rings. The Balaban J connectivity index is 1.60. The summed E-state index contributed by atoms with van der Waals surface area (Å²) in [6, 6.07) is 19.8. The van der Waals surface area contributed by atoms with E-state index >= 15 is 0 Å². The summed E-state index contributed by atoms with van der Waals surface area (Å²) in [5.41, 5.74) is 3.34. The first-order valence-corrected chi connectivity index (χ1v) is 9.14. The Hall–Kier alpha value is -3.80. The van der Waals surface area contributed by atoms with Gasteiger partial charge in [0.05, 0.1) is 32.0 Å². The highest BCUT2D eigenvalue weighted by molar-refractivity contribution is 6.10. The number of anilines is 2. The molecule has 146 valence electrons. The summed E-state index contributed by atoms with van der Waals surface area (Å²) >= 11 is 0. The van der Waals surface area contributed by atoms with Gasteiger partial charge < -0.3 is 19.7 Å². The molecule has 0 saturated carbocycles. The minimum atomic E-state index is -0.307. The zero-order valence-corrected chi connectivity index (χ0v) is 16.1. The molecule has 1 N–H and O–H groups in total. The van der Waals surface area contributed by atoms with Crippen molar-refractivity contribution < 1.29 is 19.1 Å². The zero-order chi connectivity index (χ0) is 20.4. The lowest BCUT2D eigenvalue weighted by atomic mass is 10.1. The summed E-state index contributed by atoms with van der Waals surface area (Å²) in [5, 5.41) is 2.85. The van der Waals surface area contributed by atoms with E-state index < -0.39 is 0 Å². The van der Waals surface area contributed by atoms with Crippen LogP contribution in [0.25, 0.3) is 0 Å². The van der Waals surface area contributed by atoms with Gasteiger partial charge in [0.1, 0.15) is 11.5 Å². The zero-order valence-electron chi connectivity index (χ0n) is 16.1. The predicted octanol–water partition coefficient (Wildman–Crippen LogP) is 4.12. The van der Waals surface area contributed by atoms with Gasteiger partial charge in [0.15, 0.2) is 0 Å². The fourth-order valence-electron chi connectivity index (χ4n) is 3.44. The summed E-state index contributed by atoms with van der Waals surface area (Å²) < 4.78 is 10.7. The molecule has 0 radical (unpaired) electrons. The van der Waals surface area contributed by atoms with Crippen LogP contribution < -0.4 is 19.7 Å². The van der Waals surface area contributed by atoms with Crippen LogP contribution in [-0.2, 0) is 6.54 Å². The van der Waals surface area contributed by atoms with Crippen LogP contribution in [0.4, 0.5) is 11.4 Å². The second kappa shape index (κ2) is 7.67. The van der Waals surface area contributed by atoms with E-state index in [2.05, 4.69) is 5.32 Å². The topological polar surface area (TPSA) is 67.9 Å². The largest absolute Gasteiger partial charge is 0.496 e. The number of fused-ring (bicyclic) bond motifs is 1. The van der Waals surface area contributed by atoms with Crippen LogP contribution in [0.5, 0.6) is 11.5 Å². The molecule has 6 heteroatoms.